The van der Waals surface area contributed by atoms with Crippen LogP contribution in [0, 0.1) is 0 Å². The third-order valence-electron chi connectivity index (χ3n) is 4.07. The number of benzene rings is 1. The molecule has 1 aliphatic carbocycles. The number of ether oxygens (including phenoxy) is 2. The zero-order chi connectivity index (χ0) is 16.0. The van der Waals surface area contributed by atoms with Gasteiger partial charge in [-0.05, 0) is 31.9 Å². The van der Waals surface area contributed by atoms with E-state index in [-0.39, 0.29) is 11.9 Å². The summed E-state index contributed by atoms with van der Waals surface area (Å²) in [7, 11) is 1.36. The maximum atomic E-state index is 12.4. The van der Waals surface area contributed by atoms with E-state index >= 15 is 0 Å². The molecule has 1 amide bonds. The Hall–Kier alpha value is -2.04. The number of carbonyl (C=O) groups excluding carboxylic acids is 2. The Kier molecular flexibility index (Phi) is 5.41. The van der Waals surface area contributed by atoms with Crippen molar-refractivity contribution in [1.82, 2.24) is 5.32 Å². The highest BCUT2D eigenvalue weighted by atomic mass is 16.5. The van der Waals surface area contributed by atoms with Gasteiger partial charge in [-0.2, -0.15) is 0 Å². The molecule has 1 aliphatic rings. The van der Waals surface area contributed by atoms with Crippen LogP contribution in [0.1, 0.15) is 39.0 Å². The van der Waals surface area contributed by atoms with E-state index in [9.17, 15) is 9.59 Å². The number of amides is 1. The lowest BCUT2D eigenvalue weighted by molar-refractivity contribution is -0.153. The van der Waals surface area contributed by atoms with Crippen LogP contribution in [0.5, 0.6) is 5.75 Å². The minimum absolute atomic E-state index is 0.295. The first-order chi connectivity index (χ1) is 10.6. The second-order valence-corrected chi connectivity index (χ2v) is 5.70. The first kappa shape index (κ1) is 16.3. The lowest BCUT2D eigenvalue weighted by Crippen LogP contribution is -2.58. The van der Waals surface area contributed by atoms with E-state index in [0.717, 1.165) is 19.3 Å². The minimum atomic E-state index is -0.904. The van der Waals surface area contributed by atoms with Gasteiger partial charge < -0.3 is 14.8 Å². The highest BCUT2D eigenvalue weighted by Crippen LogP contribution is 2.29. The summed E-state index contributed by atoms with van der Waals surface area (Å²) in [5.41, 5.74) is -0.904. The Balaban J connectivity index is 2.02. The number of hydrogen-bond donors (Lipinski definition) is 1. The fourth-order valence-corrected chi connectivity index (χ4v) is 2.83. The first-order valence-electron chi connectivity index (χ1n) is 7.69. The van der Waals surface area contributed by atoms with Gasteiger partial charge in [-0.15, -0.1) is 0 Å². The number of carbonyl (C=O) groups is 2. The summed E-state index contributed by atoms with van der Waals surface area (Å²) in [6.45, 7) is 1.68. The molecule has 0 heterocycles. The number of para-hydroxylation sites is 1. The van der Waals surface area contributed by atoms with Gasteiger partial charge in [-0.25, -0.2) is 4.79 Å². The van der Waals surface area contributed by atoms with Crippen LogP contribution < -0.4 is 10.1 Å². The van der Waals surface area contributed by atoms with Crippen molar-refractivity contribution in [1.29, 1.82) is 0 Å². The van der Waals surface area contributed by atoms with E-state index in [1.165, 1.54) is 7.11 Å². The topological polar surface area (TPSA) is 64.6 Å². The van der Waals surface area contributed by atoms with Crippen molar-refractivity contribution in [3.05, 3.63) is 30.3 Å². The summed E-state index contributed by atoms with van der Waals surface area (Å²) in [6, 6.07) is 9.15. The predicted molar refractivity (Wildman–Crippen MR) is 82.5 cm³/mol. The molecule has 0 saturated heterocycles. The highest BCUT2D eigenvalue weighted by Gasteiger charge is 2.42. The molecule has 1 unspecified atom stereocenters. The molecule has 1 aromatic carbocycles. The Labute approximate surface area is 131 Å². The molecule has 0 aliphatic heterocycles. The lowest BCUT2D eigenvalue weighted by atomic mass is 9.81. The number of nitrogens with one attached hydrogen (secondary N) is 1. The Morgan fingerprint density at radius 2 is 1.77 bits per heavy atom. The largest absolute Gasteiger partial charge is 0.481 e. The standard InChI is InChI=1S/C17H23NO4/c1-13(22-14-9-5-3-6-10-14)15(19)18-17(16(20)21-2)11-7-4-8-12-17/h3,5-6,9-10,13H,4,7-8,11-12H2,1-2H3,(H,18,19). The molecule has 5 heteroatoms. The Morgan fingerprint density at radius 1 is 1.14 bits per heavy atom. The van der Waals surface area contributed by atoms with Crippen LogP contribution in [0.4, 0.5) is 0 Å². The smallest absolute Gasteiger partial charge is 0.331 e. The van der Waals surface area contributed by atoms with Gasteiger partial charge >= 0.3 is 5.97 Å². The van der Waals surface area contributed by atoms with Crippen molar-refractivity contribution >= 4 is 11.9 Å². The van der Waals surface area contributed by atoms with Crippen molar-refractivity contribution < 1.29 is 19.1 Å². The highest BCUT2D eigenvalue weighted by molar-refractivity contribution is 5.90. The van der Waals surface area contributed by atoms with Crippen molar-refractivity contribution in [2.24, 2.45) is 0 Å². The van der Waals surface area contributed by atoms with Gasteiger partial charge in [0.05, 0.1) is 7.11 Å². The molecular formula is C17H23NO4. The third kappa shape index (κ3) is 3.78. The van der Waals surface area contributed by atoms with Crippen LogP contribution in [-0.4, -0.2) is 30.6 Å². The fraction of sp³-hybridized carbons (Fsp3) is 0.529. The SMILES string of the molecule is COC(=O)C1(NC(=O)C(C)Oc2ccccc2)CCCCC1. The molecule has 5 nitrogen and oxygen atoms in total. The van der Waals surface area contributed by atoms with Crippen molar-refractivity contribution in [3.63, 3.8) is 0 Å². The van der Waals surface area contributed by atoms with Crippen molar-refractivity contribution in [3.8, 4) is 5.75 Å². The fourth-order valence-electron chi connectivity index (χ4n) is 2.83. The number of hydrogen-bond acceptors (Lipinski definition) is 4. The van der Waals surface area contributed by atoms with E-state index in [1.807, 2.05) is 18.2 Å². The monoisotopic (exact) mass is 305 g/mol. The van der Waals surface area contributed by atoms with Crippen LogP contribution in [0.3, 0.4) is 0 Å². The predicted octanol–water partition coefficient (Wildman–Crippen LogP) is 2.45. The summed E-state index contributed by atoms with van der Waals surface area (Å²) >= 11 is 0. The summed E-state index contributed by atoms with van der Waals surface area (Å²) < 4.78 is 10.5. The molecule has 1 N–H and O–H groups in total. The zero-order valence-corrected chi connectivity index (χ0v) is 13.1. The summed E-state index contributed by atoms with van der Waals surface area (Å²) in [4.78, 5) is 24.5. The van der Waals surface area contributed by atoms with E-state index < -0.39 is 11.6 Å². The van der Waals surface area contributed by atoms with E-state index in [2.05, 4.69) is 5.32 Å². The van der Waals surface area contributed by atoms with Gasteiger partial charge in [0, 0.05) is 0 Å². The van der Waals surface area contributed by atoms with Crippen molar-refractivity contribution in [2.45, 2.75) is 50.7 Å². The molecule has 0 bridgehead atoms. The van der Waals surface area contributed by atoms with Crippen LogP contribution in [0.15, 0.2) is 30.3 Å². The van der Waals surface area contributed by atoms with Gasteiger partial charge in [-0.3, -0.25) is 4.79 Å². The maximum absolute atomic E-state index is 12.4. The molecule has 0 aromatic heterocycles. The quantitative estimate of drug-likeness (QED) is 0.849. The van der Waals surface area contributed by atoms with Gasteiger partial charge in [0.2, 0.25) is 0 Å². The zero-order valence-electron chi connectivity index (χ0n) is 13.1. The number of rotatable bonds is 5. The van der Waals surface area contributed by atoms with Crippen LogP contribution in [0.2, 0.25) is 0 Å². The van der Waals surface area contributed by atoms with Gasteiger partial charge in [0.15, 0.2) is 6.10 Å². The molecule has 1 aromatic rings. The first-order valence-corrected chi connectivity index (χ1v) is 7.69. The number of methoxy groups -OCH3 is 1. The average molecular weight is 305 g/mol. The lowest BCUT2D eigenvalue weighted by Gasteiger charge is -2.35. The summed E-state index contributed by atoms with van der Waals surface area (Å²) in [5, 5.41) is 2.86. The summed E-state index contributed by atoms with van der Waals surface area (Å²) in [6.07, 6.45) is 3.44. The minimum Gasteiger partial charge on any atom is -0.481 e. The van der Waals surface area contributed by atoms with Crippen molar-refractivity contribution in [2.75, 3.05) is 7.11 Å². The van der Waals surface area contributed by atoms with Gasteiger partial charge in [0.1, 0.15) is 11.3 Å². The molecule has 1 saturated carbocycles. The molecule has 0 spiro atoms. The second-order valence-electron chi connectivity index (χ2n) is 5.70. The van der Waals surface area contributed by atoms with Gasteiger partial charge in [-0.1, -0.05) is 37.5 Å². The van der Waals surface area contributed by atoms with Gasteiger partial charge in [0.25, 0.3) is 5.91 Å². The number of esters is 1. The average Bonchev–Trinajstić information content (AvgIpc) is 2.55. The molecule has 0 radical (unpaired) electrons. The molecule has 120 valence electrons. The third-order valence-corrected chi connectivity index (χ3v) is 4.07. The van der Waals surface area contributed by atoms with E-state index in [0.29, 0.717) is 18.6 Å². The normalized spacial score (nSPS) is 18.1. The maximum Gasteiger partial charge on any atom is 0.331 e. The van der Waals surface area contributed by atoms with Crippen LogP contribution in [-0.2, 0) is 14.3 Å². The van der Waals surface area contributed by atoms with Crippen LogP contribution in [0.25, 0.3) is 0 Å². The summed E-state index contributed by atoms with van der Waals surface area (Å²) in [5.74, 6) is -0.0375. The molecule has 2 rings (SSSR count). The molecular weight excluding hydrogens is 282 g/mol. The molecule has 1 atom stereocenters. The molecule has 22 heavy (non-hydrogen) atoms. The second kappa shape index (κ2) is 7.29. The van der Waals surface area contributed by atoms with Crippen LogP contribution >= 0.6 is 0 Å². The Bertz CT molecular complexity index is 509. The Morgan fingerprint density at radius 3 is 2.36 bits per heavy atom. The van der Waals surface area contributed by atoms with E-state index in [1.54, 1.807) is 19.1 Å². The van der Waals surface area contributed by atoms with E-state index in [4.69, 9.17) is 9.47 Å². The molecule has 1 fully saturated rings.